The molecule has 1 aliphatic heterocycles. The first-order valence-corrected chi connectivity index (χ1v) is 10.5. The number of hydrogen-bond acceptors (Lipinski definition) is 3. The number of imidazole rings is 2. The summed E-state index contributed by atoms with van der Waals surface area (Å²) in [5.74, 6) is 2.76. The van der Waals surface area contributed by atoms with Gasteiger partial charge in [0.05, 0.1) is 22.1 Å². The first kappa shape index (κ1) is 18.0. The monoisotopic (exact) mass is 406 g/mol. The number of aliphatic imine (C=N–C) groups is 1. The number of aromatic nitrogens is 3. The minimum atomic E-state index is 0.216. The lowest BCUT2D eigenvalue weighted by Crippen LogP contribution is -2.21. The van der Waals surface area contributed by atoms with Crippen molar-refractivity contribution in [2.24, 2.45) is 4.99 Å². The standard InChI is InChI=1S/C26H22N4O/c1-17-11-12-24-19(15-17)18(2)13-14-27-25(16-31-24)30-23-10-6-5-9-22(23)29-21-8-4-3-7-20(21)28-26(29)30/h3-15,18H,16H2,1-2H3/b14-13-,27-25+. The molecule has 0 aliphatic carbocycles. The number of ether oxygens (including phenoxy) is 1. The van der Waals surface area contributed by atoms with Crippen molar-refractivity contribution in [2.45, 2.75) is 19.8 Å². The molecule has 1 aliphatic rings. The Morgan fingerprint density at radius 1 is 0.935 bits per heavy atom. The summed E-state index contributed by atoms with van der Waals surface area (Å²) < 4.78 is 10.6. The van der Waals surface area contributed by atoms with Crippen LogP contribution in [-0.4, -0.2) is 26.4 Å². The Bertz CT molecular complexity index is 1520. The Balaban J connectivity index is 1.58. The molecule has 1 unspecified atom stereocenters. The van der Waals surface area contributed by atoms with Crippen LogP contribution in [0.4, 0.5) is 0 Å². The molecular weight excluding hydrogens is 384 g/mol. The van der Waals surface area contributed by atoms with E-state index in [0.29, 0.717) is 6.61 Å². The number of hydrogen-bond donors (Lipinski definition) is 0. The van der Waals surface area contributed by atoms with Gasteiger partial charge in [-0.05, 0) is 37.3 Å². The van der Waals surface area contributed by atoms with Crippen molar-refractivity contribution in [1.29, 1.82) is 0 Å². The van der Waals surface area contributed by atoms with E-state index in [1.165, 1.54) is 11.1 Å². The van der Waals surface area contributed by atoms with Gasteiger partial charge in [-0.15, -0.1) is 0 Å². The maximum Gasteiger partial charge on any atom is 0.221 e. The van der Waals surface area contributed by atoms with Gasteiger partial charge in [-0.25, -0.2) is 9.98 Å². The van der Waals surface area contributed by atoms with Crippen molar-refractivity contribution in [2.75, 3.05) is 6.61 Å². The molecule has 6 rings (SSSR count). The van der Waals surface area contributed by atoms with Gasteiger partial charge in [0, 0.05) is 17.7 Å². The number of benzene rings is 3. The predicted octanol–water partition coefficient (Wildman–Crippen LogP) is 5.71. The maximum atomic E-state index is 6.31. The second kappa shape index (κ2) is 6.84. The highest BCUT2D eigenvalue weighted by molar-refractivity contribution is 6.02. The summed E-state index contributed by atoms with van der Waals surface area (Å²) in [5, 5.41) is 0. The lowest BCUT2D eigenvalue weighted by molar-refractivity contribution is 0.368. The van der Waals surface area contributed by atoms with Gasteiger partial charge < -0.3 is 4.74 Å². The van der Waals surface area contributed by atoms with Crippen molar-refractivity contribution in [3.05, 3.63) is 90.1 Å². The lowest BCUT2D eigenvalue weighted by Gasteiger charge is -2.15. The molecule has 0 saturated carbocycles. The largest absolute Gasteiger partial charge is 0.485 e. The van der Waals surface area contributed by atoms with E-state index in [1.54, 1.807) is 0 Å². The van der Waals surface area contributed by atoms with Crippen molar-refractivity contribution in [1.82, 2.24) is 14.0 Å². The Labute approximate surface area is 179 Å². The number of rotatable bonds is 0. The Kier molecular flexibility index (Phi) is 3.96. The number of para-hydroxylation sites is 4. The van der Waals surface area contributed by atoms with E-state index in [4.69, 9.17) is 14.7 Å². The van der Waals surface area contributed by atoms with Gasteiger partial charge >= 0.3 is 0 Å². The molecule has 2 aromatic heterocycles. The van der Waals surface area contributed by atoms with Gasteiger partial charge in [0.25, 0.3) is 0 Å². The highest BCUT2D eigenvalue weighted by Crippen LogP contribution is 2.31. The summed E-state index contributed by atoms with van der Waals surface area (Å²) in [7, 11) is 0. The Morgan fingerprint density at radius 2 is 1.71 bits per heavy atom. The van der Waals surface area contributed by atoms with Crippen molar-refractivity contribution < 1.29 is 4.74 Å². The minimum absolute atomic E-state index is 0.216. The number of fused-ring (bicyclic) bond motifs is 6. The van der Waals surface area contributed by atoms with Gasteiger partial charge in [-0.3, -0.25) is 8.97 Å². The first-order chi connectivity index (χ1) is 15.2. The number of allylic oxidation sites excluding steroid dienone is 1. The van der Waals surface area contributed by atoms with Crippen LogP contribution >= 0.6 is 0 Å². The summed E-state index contributed by atoms with van der Waals surface area (Å²) in [5.41, 5.74) is 6.62. The molecule has 0 saturated heterocycles. The van der Waals surface area contributed by atoms with E-state index in [0.717, 1.165) is 39.4 Å². The van der Waals surface area contributed by atoms with Crippen LogP contribution < -0.4 is 4.74 Å². The summed E-state index contributed by atoms with van der Waals surface area (Å²) in [6, 6.07) is 22.9. The Morgan fingerprint density at radius 3 is 2.58 bits per heavy atom. The summed E-state index contributed by atoms with van der Waals surface area (Å²) in [4.78, 5) is 9.77. The highest BCUT2D eigenvalue weighted by Gasteiger charge is 2.20. The van der Waals surface area contributed by atoms with Gasteiger partial charge in [0.1, 0.15) is 12.4 Å². The van der Waals surface area contributed by atoms with E-state index in [1.807, 2.05) is 30.5 Å². The van der Waals surface area contributed by atoms with Gasteiger partial charge in [-0.1, -0.05) is 55.0 Å². The topological polar surface area (TPSA) is 43.8 Å². The second-order valence-corrected chi connectivity index (χ2v) is 8.07. The van der Waals surface area contributed by atoms with Crippen LogP contribution in [0.25, 0.3) is 27.8 Å². The van der Waals surface area contributed by atoms with E-state index >= 15 is 0 Å². The maximum absolute atomic E-state index is 6.31. The smallest absolute Gasteiger partial charge is 0.221 e. The molecule has 5 heteroatoms. The zero-order valence-electron chi connectivity index (χ0n) is 17.5. The predicted molar refractivity (Wildman–Crippen MR) is 125 cm³/mol. The summed E-state index contributed by atoms with van der Waals surface area (Å²) in [6.45, 7) is 4.63. The SMILES string of the molecule is Cc1ccc2c(c1)C(C)/C=C\N=C(\n1c3ccccc3n3c4ccccc4nc13)CO2. The van der Waals surface area contributed by atoms with Crippen molar-refractivity contribution >= 4 is 33.7 Å². The van der Waals surface area contributed by atoms with Crippen LogP contribution in [0, 0.1) is 6.92 Å². The normalized spacial score (nSPS) is 19.3. The first-order valence-electron chi connectivity index (χ1n) is 10.5. The lowest BCUT2D eigenvalue weighted by atomic mass is 9.98. The molecule has 0 radical (unpaired) electrons. The molecule has 0 N–H and O–H groups in total. The molecule has 0 amide bonds. The summed E-state index contributed by atoms with van der Waals surface area (Å²) >= 11 is 0. The quantitative estimate of drug-likeness (QED) is 0.331. The van der Waals surface area contributed by atoms with Crippen LogP contribution in [0.2, 0.25) is 0 Å². The third-order valence-electron chi connectivity index (χ3n) is 5.98. The molecule has 3 heterocycles. The molecule has 152 valence electrons. The third kappa shape index (κ3) is 2.77. The van der Waals surface area contributed by atoms with E-state index in [9.17, 15) is 0 Å². The number of aryl methyl sites for hydroxylation is 1. The summed E-state index contributed by atoms with van der Waals surface area (Å²) in [6.07, 6.45) is 4.02. The van der Waals surface area contributed by atoms with E-state index in [2.05, 4.69) is 71.4 Å². The van der Waals surface area contributed by atoms with E-state index in [-0.39, 0.29) is 5.92 Å². The fourth-order valence-corrected chi connectivity index (χ4v) is 4.42. The van der Waals surface area contributed by atoms with Crippen molar-refractivity contribution in [3.8, 4) is 5.75 Å². The molecule has 0 bridgehead atoms. The highest BCUT2D eigenvalue weighted by atomic mass is 16.5. The van der Waals surface area contributed by atoms with Crippen LogP contribution in [0.3, 0.4) is 0 Å². The average molecular weight is 406 g/mol. The van der Waals surface area contributed by atoms with E-state index < -0.39 is 0 Å². The third-order valence-corrected chi connectivity index (χ3v) is 5.98. The fourth-order valence-electron chi connectivity index (χ4n) is 4.42. The molecule has 5 aromatic rings. The van der Waals surface area contributed by atoms with Crippen LogP contribution in [0.1, 0.15) is 24.0 Å². The van der Waals surface area contributed by atoms with Crippen LogP contribution in [0.15, 0.2) is 84.0 Å². The molecule has 31 heavy (non-hydrogen) atoms. The molecule has 0 spiro atoms. The number of nitrogens with zero attached hydrogens (tertiary/aromatic N) is 4. The average Bonchev–Trinajstić information content (AvgIpc) is 3.32. The Hall–Kier alpha value is -3.86. The van der Waals surface area contributed by atoms with Gasteiger partial charge in [0.15, 0.2) is 5.84 Å². The van der Waals surface area contributed by atoms with Crippen molar-refractivity contribution in [3.63, 3.8) is 0 Å². The van der Waals surface area contributed by atoms with Crippen LogP contribution in [0.5, 0.6) is 5.75 Å². The van der Waals surface area contributed by atoms with Gasteiger partial charge in [0.2, 0.25) is 5.78 Å². The minimum Gasteiger partial charge on any atom is -0.485 e. The fraction of sp³-hybridized carbons (Fsp3) is 0.154. The molecule has 3 aromatic carbocycles. The zero-order chi connectivity index (χ0) is 20.9. The second-order valence-electron chi connectivity index (χ2n) is 8.07. The van der Waals surface area contributed by atoms with Gasteiger partial charge in [-0.2, -0.15) is 0 Å². The zero-order valence-corrected chi connectivity index (χ0v) is 17.5. The molecule has 1 atom stereocenters. The molecular formula is C26H22N4O. The molecule has 5 nitrogen and oxygen atoms in total. The molecule has 0 fully saturated rings. The van der Waals surface area contributed by atoms with Crippen LogP contribution in [-0.2, 0) is 0 Å².